The number of nitrogens with one attached hydrogen (secondary N) is 1. The van der Waals surface area contributed by atoms with Crippen molar-refractivity contribution in [3.05, 3.63) is 17.0 Å². The molecule has 2 atom stereocenters. The van der Waals surface area contributed by atoms with Crippen LogP contribution in [-0.4, -0.2) is 28.8 Å². The van der Waals surface area contributed by atoms with E-state index in [1.54, 1.807) is 6.92 Å². The van der Waals surface area contributed by atoms with E-state index in [1.165, 1.54) is 6.42 Å². The first-order chi connectivity index (χ1) is 10.1. The molecule has 118 valence electrons. The van der Waals surface area contributed by atoms with E-state index in [0.29, 0.717) is 35.9 Å². The van der Waals surface area contributed by atoms with Crippen molar-refractivity contribution in [3.8, 4) is 0 Å². The highest BCUT2D eigenvalue weighted by Crippen LogP contribution is 2.27. The number of hydrogen-bond donors (Lipinski definition) is 2. The van der Waals surface area contributed by atoms with Gasteiger partial charge in [-0.1, -0.05) is 24.9 Å². The lowest BCUT2D eigenvalue weighted by Crippen LogP contribution is -2.28. The molecule has 21 heavy (non-hydrogen) atoms. The van der Waals surface area contributed by atoms with Gasteiger partial charge >= 0.3 is 0 Å². The Morgan fingerprint density at radius 3 is 2.90 bits per heavy atom. The lowest BCUT2D eigenvalue weighted by molar-refractivity contribution is 0.0641. The monoisotopic (exact) mass is 294 g/mol. The first-order valence-electron chi connectivity index (χ1n) is 8.04. The number of aliphatic hydroxyl groups is 1. The molecule has 5 heteroatoms. The van der Waals surface area contributed by atoms with Gasteiger partial charge < -0.3 is 14.9 Å². The Kier molecular flexibility index (Phi) is 5.79. The van der Waals surface area contributed by atoms with Crippen LogP contribution in [0.2, 0.25) is 0 Å². The lowest BCUT2D eigenvalue weighted by Gasteiger charge is -2.27. The standard InChI is InChI=1S/C16H26N2O3/c1-3-14-15(11(2)18-21-14)16(20)17-10-6-8-12-7-4-5-9-13(12)19/h12-13,19H,3-10H2,1-2H3,(H,17,20)/t12-,13+/m1/s1. The van der Waals surface area contributed by atoms with E-state index in [0.717, 1.165) is 32.1 Å². The zero-order chi connectivity index (χ0) is 15.2. The molecule has 1 saturated carbocycles. The molecule has 0 radical (unpaired) electrons. The Balaban J connectivity index is 1.75. The SMILES string of the molecule is CCc1onc(C)c1C(=O)NCCC[C@H]1CCCC[C@@H]1O. The third-order valence-electron chi connectivity index (χ3n) is 4.39. The van der Waals surface area contributed by atoms with Crippen LogP contribution in [0.5, 0.6) is 0 Å². The number of amides is 1. The summed E-state index contributed by atoms with van der Waals surface area (Å²) < 4.78 is 5.14. The summed E-state index contributed by atoms with van der Waals surface area (Å²) in [6, 6.07) is 0. The van der Waals surface area contributed by atoms with Crippen LogP contribution in [0.25, 0.3) is 0 Å². The Labute approximate surface area is 126 Å². The van der Waals surface area contributed by atoms with Gasteiger partial charge in [-0.3, -0.25) is 4.79 Å². The highest BCUT2D eigenvalue weighted by Gasteiger charge is 2.23. The van der Waals surface area contributed by atoms with Gasteiger partial charge in [-0.25, -0.2) is 0 Å². The second kappa shape index (κ2) is 7.59. The summed E-state index contributed by atoms with van der Waals surface area (Å²) in [5, 5.41) is 16.7. The number of nitrogens with zero attached hydrogens (tertiary/aromatic N) is 1. The summed E-state index contributed by atoms with van der Waals surface area (Å²) in [4.78, 5) is 12.2. The maximum absolute atomic E-state index is 12.2. The number of rotatable bonds is 6. The molecule has 1 aliphatic rings. The summed E-state index contributed by atoms with van der Waals surface area (Å²) in [5.41, 5.74) is 1.22. The maximum atomic E-state index is 12.2. The second-order valence-electron chi connectivity index (χ2n) is 5.93. The third kappa shape index (κ3) is 4.06. The van der Waals surface area contributed by atoms with Gasteiger partial charge in [-0.2, -0.15) is 0 Å². The van der Waals surface area contributed by atoms with Crippen LogP contribution in [0.15, 0.2) is 4.52 Å². The van der Waals surface area contributed by atoms with Crippen molar-refractivity contribution >= 4 is 5.91 Å². The van der Waals surface area contributed by atoms with E-state index in [2.05, 4.69) is 10.5 Å². The summed E-state index contributed by atoms with van der Waals surface area (Å²) in [5.74, 6) is 0.946. The molecule has 0 aromatic carbocycles. The average Bonchev–Trinajstić information content (AvgIpc) is 2.86. The number of carbonyl (C=O) groups is 1. The first kappa shape index (κ1) is 16.0. The van der Waals surface area contributed by atoms with Crippen molar-refractivity contribution in [2.45, 2.75) is 64.9 Å². The molecule has 1 aliphatic carbocycles. The molecule has 0 aliphatic heterocycles. The van der Waals surface area contributed by atoms with E-state index in [9.17, 15) is 9.90 Å². The Bertz CT molecular complexity index is 470. The quantitative estimate of drug-likeness (QED) is 0.791. The fourth-order valence-electron chi connectivity index (χ4n) is 3.13. The zero-order valence-corrected chi connectivity index (χ0v) is 13.0. The van der Waals surface area contributed by atoms with Gasteiger partial charge in [-0.15, -0.1) is 0 Å². The molecule has 5 nitrogen and oxygen atoms in total. The van der Waals surface area contributed by atoms with Crippen LogP contribution < -0.4 is 5.32 Å². The van der Waals surface area contributed by atoms with Gasteiger partial charge in [0.1, 0.15) is 11.3 Å². The molecule has 1 amide bonds. The second-order valence-corrected chi connectivity index (χ2v) is 5.93. The molecule has 1 fully saturated rings. The normalized spacial score (nSPS) is 22.2. The minimum atomic E-state index is -0.151. The number of hydrogen-bond acceptors (Lipinski definition) is 4. The van der Waals surface area contributed by atoms with Crippen molar-refractivity contribution in [2.75, 3.05) is 6.54 Å². The van der Waals surface area contributed by atoms with Gasteiger partial charge in [0.15, 0.2) is 0 Å². The molecule has 0 saturated heterocycles. The summed E-state index contributed by atoms with van der Waals surface area (Å²) in [6.45, 7) is 4.37. The van der Waals surface area contributed by atoms with E-state index in [-0.39, 0.29) is 12.0 Å². The Morgan fingerprint density at radius 2 is 2.19 bits per heavy atom. The molecule has 2 N–H and O–H groups in total. The van der Waals surface area contributed by atoms with Crippen LogP contribution >= 0.6 is 0 Å². The van der Waals surface area contributed by atoms with Crippen molar-refractivity contribution in [1.29, 1.82) is 0 Å². The lowest BCUT2D eigenvalue weighted by atomic mass is 9.83. The molecular formula is C16H26N2O3. The number of aliphatic hydroxyl groups excluding tert-OH is 1. The predicted molar refractivity (Wildman–Crippen MR) is 80.2 cm³/mol. The van der Waals surface area contributed by atoms with Gasteiger partial charge in [0, 0.05) is 13.0 Å². The zero-order valence-electron chi connectivity index (χ0n) is 13.0. The maximum Gasteiger partial charge on any atom is 0.256 e. The van der Waals surface area contributed by atoms with Gasteiger partial charge in [0.25, 0.3) is 5.91 Å². The van der Waals surface area contributed by atoms with Gasteiger partial charge in [-0.05, 0) is 38.5 Å². The van der Waals surface area contributed by atoms with Crippen molar-refractivity contribution in [2.24, 2.45) is 5.92 Å². The largest absolute Gasteiger partial charge is 0.393 e. The molecule has 1 heterocycles. The van der Waals surface area contributed by atoms with Crippen LogP contribution in [0.1, 0.15) is 67.3 Å². The smallest absolute Gasteiger partial charge is 0.256 e. The fraction of sp³-hybridized carbons (Fsp3) is 0.750. The first-order valence-corrected chi connectivity index (χ1v) is 8.04. The minimum absolute atomic E-state index is 0.102. The average molecular weight is 294 g/mol. The summed E-state index contributed by atoms with van der Waals surface area (Å²) >= 11 is 0. The van der Waals surface area contributed by atoms with E-state index >= 15 is 0 Å². The fourth-order valence-corrected chi connectivity index (χ4v) is 3.13. The highest BCUT2D eigenvalue weighted by molar-refractivity contribution is 5.96. The minimum Gasteiger partial charge on any atom is -0.393 e. The molecule has 0 bridgehead atoms. The molecule has 1 aromatic heterocycles. The van der Waals surface area contributed by atoms with Gasteiger partial charge in [0.05, 0.1) is 11.8 Å². The number of aryl methyl sites for hydroxylation is 2. The van der Waals surface area contributed by atoms with Crippen LogP contribution in [0.3, 0.4) is 0 Å². The van der Waals surface area contributed by atoms with E-state index in [4.69, 9.17) is 4.52 Å². The Morgan fingerprint density at radius 1 is 1.43 bits per heavy atom. The Hall–Kier alpha value is -1.36. The van der Waals surface area contributed by atoms with Crippen molar-refractivity contribution in [1.82, 2.24) is 10.5 Å². The van der Waals surface area contributed by atoms with E-state index in [1.807, 2.05) is 6.92 Å². The number of carbonyl (C=O) groups excluding carboxylic acids is 1. The van der Waals surface area contributed by atoms with E-state index < -0.39 is 0 Å². The molecule has 1 aromatic rings. The van der Waals surface area contributed by atoms with Crippen LogP contribution in [0.4, 0.5) is 0 Å². The molecule has 0 spiro atoms. The molecular weight excluding hydrogens is 268 g/mol. The van der Waals surface area contributed by atoms with Gasteiger partial charge in [0.2, 0.25) is 0 Å². The highest BCUT2D eigenvalue weighted by atomic mass is 16.5. The molecule has 2 rings (SSSR count). The van der Waals surface area contributed by atoms with Crippen molar-refractivity contribution < 1.29 is 14.4 Å². The third-order valence-corrected chi connectivity index (χ3v) is 4.39. The topological polar surface area (TPSA) is 75.4 Å². The summed E-state index contributed by atoms with van der Waals surface area (Å²) in [7, 11) is 0. The van der Waals surface area contributed by atoms with Crippen LogP contribution in [-0.2, 0) is 6.42 Å². The van der Waals surface area contributed by atoms with Crippen LogP contribution in [0, 0.1) is 12.8 Å². The summed E-state index contributed by atoms with van der Waals surface area (Å²) in [6.07, 6.45) is 6.79. The van der Waals surface area contributed by atoms with Crippen molar-refractivity contribution in [3.63, 3.8) is 0 Å². The predicted octanol–water partition coefficient (Wildman–Crippen LogP) is 2.61. The molecule has 0 unspecified atom stereocenters. The number of aromatic nitrogens is 1.